The first-order valence-electron chi connectivity index (χ1n) is 6.23. The van der Waals surface area contributed by atoms with Crippen LogP contribution in [0.2, 0.25) is 0 Å². The second-order valence-corrected chi connectivity index (χ2v) is 7.63. The van der Waals surface area contributed by atoms with Crippen LogP contribution >= 0.6 is 0 Å². The van der Waals surface area contributed by atoms with E-state index in [1.165, 1.54) is 16.7 Å². The molecule has 0 atom stereocenters. The van der Waals surface area contributed by atoms with Crippen LogP contribution in [0.1, 0.15) is 58.2 Å². The van der Waals surface area contributed by atoms with Crippen molar-refractivity contribution in [1.82, 2.24) is 0 Å². The molecule has 0 saturated carbocycles. The summed E-state index contributed by atoms with van der Waals surface area (Å²) in [5.41, 5.74) is 5.14. The highest BCUT2D eigenvalue weighted by Crippen LogP contribution is 2.37. The molecule has 0 spiro atoms. The van der Waals surface area contributed by atoms with Gasteiger partial charge in [0, 0.05) is 21.3 Å². The topological polar surface area (TPSA) is 12.4 Å². The van der Waals surface area contributed by atoms with Crippen LogP contribution in [0.25, 0.3) is 0 Å². The summed E-state index contributed by atoms with van der Waals surface area (Å²) in [5, 5.41) is 0. The molecular formula is C15H23NS2. The summed E-state index contributed by atoms with van der Waals surface area (Å²) in [6.45, 7) is 15.5. The predicted molar refractivity (Wildman–Crippen MR) is 85.4 cm³/mol. The van der Waals surface area contributed by atoms with E-state index in [4.69, 9.17) is 11.2 Å². The lowest BCUT2D eigenvalue weighted by molar-refractivity contribution is 0.568. The first-order valence-corrected chi connectivity index (χ1v) is 7.93. The quantitative estimate of drug-likeness (QED) is 0.709. The molecule has 3 heteroatoms. The van der Waals surface area contributed by atoms with E-state index < -0.39 is 0 Å². The zero-order chi connectivity index (χ0) is 14.1. The first-order chi connectivity index (χ1) is 8.07. The average Bonchev–Trinajstić information content (AvgIpc) is 2.17. The largest absolute Gasteiger partial charge is 0.182 e. The number of hydrogen-bond donors (Lipinski definition) is 0. The number of hydrogen-bond acceptors (Lipinski definition) is 2. The molecule has 0 aliphatic carbocycles. The van der Waals surface area contributed by atoms with Gasteiger partial charge in [0.2, 0.25) is 0 Å². The van der Waals surface area contributed by atoms with E-state index in [1.54, 1.807) is 0 Å². The van der Waals surface area contributed by atoms with Crippen LogP contribution in [0.15, 0.2) is 16.5 Å². The van der Waals surface area contributed by atoms with Gasteiger partial charge in [-0.05, 0) is 34.4 Å². The maximum Gasteiger partial charge on any atom is 0.0835 e. The van der Waals surface area contributed by atoms with E-state index in [1.807, 2.05) is 0 Å². The van der Waals surface area contributed by atoms with Crippen molar-refractivity contribution in [3.63, 3.8) is 0 Å². The smallest absolute Gasteiger partial charge is 0.0835 e. The van der Waals surface area contributed by atoms with Crippen LogP contribution in [0.4, 0.5) is 5.69 Å². The van der Waals surface area contributed by atoms with Gasteiger partial charge in [0.15, 0.2) is 0 Å². The molecule has 0 radical (unpaired) electrons. The molecule has 0 saturated heterocycles. The van der Waals surface area contributed by atoms with E-state index in [9.17, 15) is 0 Å². The van der Waals surface area contributed by atoms with Crippen LogP contribution < -0.4 is 0 Å². The molecule has 0 fully saturated rings. The number of nitrogens with zero attached hydrogens (tertiary/aromatic N) is 1. The third-order valence-corrected chi connectivity index (χ3v) is 3.58. The monoisotopic (exact) mass is 281 g/mol. The Morgan fingerprint density at radius 1 is 1.00 bits per heavy atom. The summed E-state index contributed by atoms with van der Waals surface area (Å²) < 4.78 is 4.43. The van der Waals surface area contributed by atoms with Crippen LogP contribution in [-0.2, 0) is 32.1 Å². The summed E-state index contributed by atoms with van der Waals surface area (Å²) in [7, 11) is 1.12. The molecule has 0 amide bonds. The molecule has 1 nitrogen and oxygen atoms in total. The van der Waals surface area contributed by atoms with Gasteiger partial charge < -0.3 is 0 Å². The Morgan fingerprint density at radius 2 is 1.56 bits per heavy atom. The lowest BCUT2D eigenvalue weighted by Crippen LogP contribution is -2.17. The Kier molecular flexibility index (Phi) is 4.50. The second kappa shape index (κ2) is 5.22. The zero-order valence-corrected chi connectivity index (χ0v) is 14.1. The minimum Gasteiger partial charge on any atom is -0.182 e. The second-order valence-electron chi connectivity index (χ2n) is 6.86. The van der Waals surface area contributed by atoms with Crippen molar-refractivity contribution >= 4 is 27.0 Å². The van der Waals surface area contributed by atoms with Gasteiger partial charge in [0.25, 0.3) is 0 Å². The fraction of sp³-hybridized carbons (Fsp3) is 0.600. The molecule has 0 aliphatic heterocycles. The third kappa shape index (κ3) is 3.48. The van der Waals surface area contributed by atoms with Gasteiger partial charge in [0.1, 0.15) is 0 Å². The molecule has 1 rings (SSSR count). The Hall–Kier alpha value is -0.540. The Morgan fingerprint density at radius 3 is 1.94 bits per heavy atom. The maximum atomic E-state index is 4.93. The van der Waals surface area contributed by atoms with Gasteiger partial charge in [-0.15, -0.1) is 0 Å². The number of rotatable bonds is 1. The average molecular weight is 281 g/mol. The highest BCUT2D eigenvalue weighted by Gasteiger charge is 2.23. The summed E-state index contributed by atoms with van der Waals surface area (Å²) in [5.74, 6) is 0. The minimum absolute atomic E-state index is 0.0793. The van der Waals surface area contributed by atoms with E-state index >= 15 is 0 Å². The molecule has 0 unspecified atom stereocenters. The molecule has 0 heterocycles. The lowest BCUT2D eigenvalue weighted by atomic mass is 9.78. The molecule has 100 valence electrons. The summed E-state index contributed by atoms with van der Waals surface area (Å²) >= 11 is 4.93. The van der Waals surface area contributed by atoms with Crippen molar-refractivity contribution in [3.8, 4) is 0 Å². The fourth-order valence-corrected chi connectivity index (χ4v) is 2.48. The molecule has 0 aromatic heterocycles. The van der Waals surface area contributed by atoms with Crippen molar-refractivity contribution in [2.24, 2.45) is 4.36 Å². The van der Waals surface area contributed by atoms with Gasteiger partial charge in [-0.3, -0.25) is 0 Å². The molecule has 18 heavy (non-hydrogen) atoms. The van der Waals surface area contributed by atoms with Crippen molar-refractivity contribution in [2.45, 2.75) is 59.3 Å². The van der Waals surface area contributed by atoms with Crippen LogP contribution in [0.3, 0.4) is 0 Å². The predicted octanol–water partition coefficient (Wildman–Crippen LogP) is 4.95. The van der Waals surface area contributed by atoms with Crippen LogP contribution in [0.5, 0.6) is 0 Å². The van der Waals surface area contributed by atoms with Crippen LogP contribution in [-0.4, -0.2) is 0 Å². The van der Waals surface area contributed by atoms with E-state index in [0.29, 0.717) is 0 Å². The maximum absolute atomic E-state index is 4.93. The van der Waals surface area contributed by atoms with E-state index in [2.05, 4.69) is 65.0 Å². The molecule has 0 N–H and O–H groups in total. The normalized spacial score (nSPS) is 12.4. The third-order valence-electron chi connectivity index (χ3n) is 3.10. The van der Waals surface area contributed by atoms with Gasteiger partial charge in [0.05, 0.1) is 5.69 Å². The summed E-state index contributed by atoms with van der Waals surface area (Å²) in [6.07, 6.45) is 0. The highest BCUT2D eigenvalue weighted by molar-refractivity contribution is 8.12. The van der Waals surface area contributed by atoms with Crippen molar-refractivity contribution in [2.75, 3.05) is 0 Å². The van der Waals surface area contributed by atoms with E-state index in [-0.39, 0.29) is 10.8 Å². The minimum atomic E-state index is 0.0793. The SMILES string of the molecule is Cc1cc(C(C)(C)C)cc(C(C)(C)C)c1N=S=S. The fourth-order valence-electron chi connectivity index (χ4n) is 1.94. The molecule has 0 aliphatic rings. The zero-order valence-electron chi connectivity index (χ0n) is 12.4. The van der Waals surface area contributed by atoms with Crippen molar-refractivity contribution < 1.29 is 0 Å². The Bertz CT molecular complexity index is 498. The summed E-state index contributed by atoms with van der Waals surface area (Å²) in [6, 6.07) is 4.52. The number of benzene rings is 1. The molecule has 0 bridgehead atoms. The Labute approximate surface area is 119 Å². The van der Waals surface area contributed by atoms with Crippen molar-refractivity contribution in [3.05, 3.63) is 28.8 Å². The van der Waals surface area contributed by atoms with Gasteiger partial charge in [-0.2, -0.15) is 4.36 Å². The molecule has 1 aromatic rings. The number of aryl methyl sites for hydroxylation is 1. The summed E-state index contributed by atoms with van der Waals surface area (Å²) in [4.78, 5) is 0. The molecule has 1 aromatic carbocycles. The Balaban J connectivity index is 3.63. The molecular weight excluding hydrogens is 258 g/mol. The lowest BCUT2D eigenvalue weighted by Gasteiger charge is -2.27. The van der Waals surface area contributed by atoms with Crippen LogP contribution in [0, 0.1) is 6.92 Å². The first kappa shape index (κ1) is 15.5. The van der Waals surface area contributed by atoms with E-state index in [0.717, 1.165) is 15.8 Å². The van der Waals surface area contributed by atoms with Gasteiger partial charge in [-0.1, -0.05) is 53.7 Å². The van der Waals surface area contributed by atoms with Gasteiger partial charge >= 0.3 is 0 Å². The highest BCUT2D eigenvalue weighted by atomic mass is 32.8. The van der Waals surface area contributed by atoms with Gasteiger partial charge in [-0.25, -0.2) is 0 Å². The standard InChI is InChI=1S/C15H23NS2/c1-10-8-11(14(2,3)4)9-12(15(5,6)7)13(10)16-18-17/h8-9H,1-7H3. The van der Waals surface area contributed by atoms with Crippen molar-refractivity contribution in [1.29, 1.82) is 0 Å².